The van der Waals surface area contributed by atoms with Gasteiger partial charge < -0.3 is 11.1 Å². The Morgan fingerprint density at radius 3 is 2.56 bits per heavy atom. The summed E-state index contributed by atoms with van der Waals surface area (Å²) < 4.78 is 0. The molecule has 18 heavy (non-hydrogen) atoms. The zero-order chi connectivity index (χ0) is 13.8. The van der Waals surface area contributed by atoms with Crippen molar-refractivity contribution >= 4 is 17.5 Å². The zero-order valence-corrected chi connectivity index (χ0v) is 12.0. The summed E-state index contributed by atoms with van der Waals surface area (Å²) in [5, 5.41) is 3.37. The van der Waals surface area contributed by atoms with Gasteiger partial charge in [-0.1, -0.05) is 37.6 Å². The number of aryl methyl sites for hydroxylation is 1. The highest BCUT2D eigenvalue weighted by Crippen LogP contribution is 2.20. The van der Waals surface area contributed by atoms with E-state index in [0.29, 0.717) is 17.1 Å². The van der Waals surface area contributed by atoms with Crippen molar-refractivity contribution in [3.8, 4) is 0 Å². The van der Waals surface area contributed by atoms with Crippen molar-refractivity contribution in [2.24, 2.45) is 5.73 Å². The van der Waals surface area contributed by atoms with E-state index in [1.165, 1.54) is 0 Å². The van der Waals surface area contributed by atoms with Crippen molar-refractivity contribution in [3.05, 3.63) is 34.3 Å². The number of halogens is 1. The number of hydrogen-bond donors (Lipinski definition) is 2. The van der Waals surface area contributed by atoms with Gasteiger partial charge in [0.15, 0.2) is 0 Å². The zero-order valence-electron chi connectivity index (χ0n) is 11.2. The molecule has 0 bridgehead atoms. The van der Waals surface area contributed by atoms with Crippen molar-refractivity contribution < 1.29 is 4.79 Å². The van der Waals surface area contributed by atoms with Crippen LogP contribution in [0.1, 0.15) is 42.6 Å². The molecule has 1 amide bonds. The number of carbonyl (C=O) groups excluding carboxylic acids is 1. The number of carbonyl (C=O) groups is 1. The van der Waals surface area contributed by atoms with Crippen molar-refractivity contribution in [3.63, 3.8) is 0 Å². The van der Waals surface area contributed by atoms with E-state index in [9.17, 15) is 4.79 Å². The average molecular weight is 269 g/mol. The molecular weight excluding hydrogens is 248 g/mol. The topological polar surface area (TPSA) is 55.1 Å². The van der Waals surface area contributed by atoms with E-state index in [0.717, 1.165) is 18.4 Å². The molecule has 0 aliphatic heterocycles. The van der Waals surface area contributed by atoms with E-state index in [-0.39, 0.29) is 11.4 Å². The Hall–Kier alpha value is -1.06. The maximum absolute atomic E-state index is 12.0. The van der Waals surface area contributed by atoms with Crippen molar-refractivity contribution in [1.29, 1.82) is 0 Å². The van der Waals surface area contributed by atoms with Crippen LogP contribution in [0.2, 0.25) is 5.02 Å². The highest BCUT2D eigenvalue weighted by Gasteiger charge is 2.21. The van der Waals surface area contributed by atoms with E-state index < -0.39 is 0 Å². The predicted octanol–water partition coefficient (Wildman–Crippen LogP) is 2.90. The predicted molar refractivity (Wildman–Crippen MR) is 76.0 cm³/mol. The Bertz CT molecular complexity index is 428. The monoisotopic (exact) mass is 268 g/mol. The van der Waals surface area contributed by atoms with Crippen LogP contribution in [0.25, 0.3) is 0 Å². The highest BCUT2D eigenvalue weighted by atomic mass is 35.5. The first-order valence-corrected chi connectivity index (χ1v) is 6.63. The molecular formula is C14H21ClN2O. The molecule has 0 heterocycles. The molecule has 0 atom stereocenters. The molecule has 0 fully saturated rings. The molecule has 1 aromatic carbocycles. The number of hydrogen-bond acceptors (Lipinski definition) is 2. The summed E-state index contributed by atoms with van der Waals surface area (Å²) in [5.41, 5.74) is 7.21. The van der Waals surface area contributed by atoms with Crippen LogP contribution in [0.15, 0.2) is 18.2 Å². The average Bonchev–Trinajstić information content (AvgIpc) is 2.39. The fourth-order valence-corrected chi connectivity index (χ4v) is 1.89. The molecule has 4 heteroatoms. The van der Waals surface area contributed by atoms with Crippen LogP contribution < -0.4 is 11.1 Å². The lowest BCUT2D eigenvalue weighted by Crippen LogP contribution is -2.49. The first kappa shape index (κ1) is 15.0. The van der Waals surface area contributed by atoms with Gasteiger partial charge in [0.2, 0.25) is 0 Å². The maximum Gasteiger partial charge on any atom is 0.252 e. The van der Waals surface area contributed by atoms with E-state index in [1.54, 1.807) is 6.07 Å². The van der Waals surface area contributed by atoms with Gasteiger partial charge in [0.25, 0.3) is 5.91 Å². The van der Waals surface area contributed by atoms with Gasteiger partial charge in [-0.15, -0.1) is 0 Å². The Balaban J connectivity index is 2.75. The molecule has 3 nitrogen and oxygen atoms in total. The molecule has 0 saturated heterocycles. The van der Waals surface area contributed by atoms with Crippen LogP contribution in [0, 0.1) is 6.92 Å². The first-order valence-electron chi connectivity index (χ1n) is 6.25. The fraction of sp³-hybridized carbons (Fsp3) is 0.500. The summed E-state index contributed by atoms with van der Waals surface area (Å²) in [6.45, 7) is 6.39. The molecule has 0 unspecified atom stereocenters. The van der Waals surface area contributed by atoms with Crippen molar-refractivity contribution in [2.75, 3.05) is 6.54 Å². The molecule has 0 aliphatic carbocycles. The second kappa shape index (κ2) is 6.21. The molecule has 1 aromatic rings. The Morgan fingerprint density at radius 2 is 2.00 bits per heavy atom. The summed E-state index contributed by atoms with van der Waals surface area (Å²) in [4.78, 5) is 12.0. The number of nitrogens with two attached hydrogens (primary N) is 1. The van der Waals surface area contributed by atoms with Crippen molar-refractivity contribution in [2.45, 2.75) is 39.2 Å². The minimum atomic E-state index is -0.341. The summed E-state index contributed by atoms with van der Waals surface area (Å²) in [7, 11) is 0. The third kappa shape index (κ3) is 3.47. The minimum Gasteiger partial charge on any atom is -0.350 e. The third-order valence-electron chi connectivity index (χ3n) is 3.45. The quantitative estimate of drug-likeness (QED) is 0.863. The van der Waals surface area contributed by atoms with Gasteiger partial charge in [0.05, 0.1) is 10.6 Å². The Morgan fingerprint density at radius 1 is 1.39 bits per heavy atom. The molecule has 100 valence electrons. The third-order valence-corrected chi connectivity index (χ3v) is 3.95. The lowest BCUT2D eigenvalue weighted by molar-refractivity contribution is 0.0942. The molecule has 0 aliphatic rings. The minimum absolute atomic E-state index is 0.166. The van der Waals surface area contributed by atoms with Crippen LogP contribution in [-0.4, -0.2) is 18.0 Å². The summed E-state index contributed by atoms with van der Waals surface area (Å²) in [5.74, 6) is -0.166. The summed E-state index contributed by atoms with van der Waals surface area (Å²) >= 11 is 6.11. The largest absolute Gasteiger partial charge is 0.350 e. The van der Waals surface area contributed by atoms with Crippen LogP contribution in [0.4, 0.5) is 0 Å². The van der Waals surface area contributed by atoms with Crippen LogP contribution in [-0.2, 0) is 0 Å². The number of benzene rings is 1. The number of rotatable bonds is 5. The lowest BCUT2D eigenvalue weighted by atomic mass is 9.94. The second-order valence-corrected chi connectivity index (χ2v) is 5.07. The molecule has 0 saturated carbocycles. The molecule has 0 spiro atoms. The van der Waals surface area contributed by atoms with Crippen molar-refractivity contribution in [1.82, 2.24) is 5.32 Å². The van der Waals surface area contributed by atoms with Gasteiger partial charge in [-0.05, 0) is 31.4 Å². The van der Waals surface area contributed by atoms with Gasteiger partial charge in [0.1, 0.15) is 0 Å². The molecule has 0 aromatic heterocycles. The summed E-state index contributed by atoms with van der Waals surface area (Å²) in [6, 6.07) is 5.43. The molecule has 0 radical (unpaired) electrons. The van der Waals surface area contributed by atoms with Gasteiger partial charge in [0, 0.05) is 12.1 Å². The molecule has 1 rings (SSSR count). The maximum atomic E-state index is 12.0. The Kier molecular flexibility index (Phi) is 5.17. The number of nitrogens with one attached hydrogen (secondary N) is 1. The van der Waals surface area contributed by atoms with E-state index in [1.807, 2.05) is 32.9 Å². The first-order chi connectivity index (χ1) is 8.43. The molecule has 3 N–H and O–H groups in total. The summed E-state index contributed by atoms with van der Waals surface area (Å²) in [6.07, 6.45) is 1.65. The fourth-order valence-electron chi connectivity index (χ4n) is 1.67. The SMILES string of the molecule is CCC(N)(CC)CNC(=O)c1cccc(C)c1Cl. The van der Waals surface area contributed by atoms with E-state index in [2.05, 4.69) is 5.32 Å². The normalized spacial score (nSPS) is 11.4. The second-order valence-electron chi connectivity index (χ2n) is 4.69. The smallest absolute Gasteiger partial charge is 0.252 e. The van der Waals surface area contributed by atoms with E-state index >= 15 is 0 Å². The highest BCUT2D eigenvalue weighted by molar-refractivity contribution is 6.34. The standard InChI is InChI=1S/C14H21ClN2O/c1-4-14(16,5-2)9-17-13(18)11-8-6-7-10(3)12(11)15/h6-8H,4-5,9,16H2,1-3H3,(H,17,18). The Labute approximate surface area is 114 Å². The van der Waals surface area contributed by atoms with Gasteiger partial charge in [-0.25, -0.2) is 0 Å². The lowest BCUT2D eigenvalue weighted by Gasteiger charge is -2.26. The number of amides is 1. The van der Waals surface area contributed by atoms with Gasteiger partial charge in [-0.2, -0.15) is 0 Å². The van der Waals surface area contributed by atoms with Crippen LogP contribution >= 0.6 is 11.6 Å². The van der Waals surface area contributed by atoms with Crippen LogP contribution in [0.3, 0.4) is 0 Å². The van der Waals surface area contributed by atoms with Gasteiger partial charge in [-0.3, -0.25) is 4.79 Å². The van der Waals surface area contributed by atoms with Gasteiger partial charge >= 0.3 is 0 Å². The van der Waals surface area contributed by atoms with E-state index in [4.69, 9.17) is 17.3 Å². The van der Waals surface area contributed by atoms with Crippen LogP contribution in [0.5, 0.6) is 0 Å².